The van der Waals surface area contributed by atoms with Gasteiger partial charge in [-0.05, 0) is 31.2 Å². The van der Waals surface area contributed by atoms with Crippen molar-refractivity contribution in [2.75, 3.05) is 25.5 Å². The molecule has 1 aromatic heterocycles. The fourth-order valence-corrected chi connectivity index (χ4v) is 3.69. The smallest absolute Gasteiger partial charge is 0.279 e. The first-order valence-electron chi connectivity index (χ1n) is 8.30. The van der Waals surface area contributed by atoms with Crippen molar-refractivity contribution >= 4 is 33.1 Å². The fourth-order valence-electron chi connectivity index (χ4n) is 2.65. The largest absolute Gasteiger partial charge is 0.497 e. The molecular weight excluding hydrogens is 334 g/mol. The van der Waals surface area contributed by atoms with E-state index in [0.29, 0.717) is 6.54 Å². The Hall–Kier alpha value is -2.44. The molecule has 130 valence electrons. The zero-order chi connectivity index (χ0) is 17.6. The lowest BCUT2D eigenvalue weighted by molar-refractivity contribution is -0.903. The topological polar surface area (TPSA) is 55.7 Å². The Kier molecular flexibility index (Phi) is 5.63. The third kappa shape index (κ3) is 4.55. The lowest BCUT2D eigenvalue weighted by atomic mass is 10.3. The molecule has 0 aliphatic carbocycles. The summed E-state index contributed by atoms with van der Waals surface area (Å²) < 4.78 is 6.37. The minimum Gasteiger partial charge on any atom is -0.497 e. The molecule has 3 aromatic rings. The van der Waals surface area contributed by atoms with Crippen molar-refractivity contribution in [2.45, 2.75) is 13.5 Å². The molecule has 2 aromatic carbocycles. The van der Waals surface area contributed by atoms with Gasteiger partial charge in [0.2, 0.25) is 0 Å². The number of likely N-dealkylation sites (N-methyl/N-ethyl adjacent to an activating group) is 1. The van der Waals surface area contributed by atoms with E-state index in [-0.39, 0.29) is 5.91 Å². The Morgan fingerprint density at radius 2 is 2.08 bits per heavy atom. The number of carbonyl (C=O) groups is 1. The number of amides is 1. The average molecular weight is 356 g/mol. The zero-order valence-electron chi connectivity index (χ0n) is 14.4. The number of fused-ring (bicyclic) bond motifs is 1. The summed E-state index contributed by atoms with van der Waals surface area (Å²) in [6.07, 6.45) is 0. The van der Waals surface area contributed by atoms with Crippen LogP contribution in [-0.4, -0.2) is 31.1 Å². The van der Waals surface area contributed by atoms with Crippen LogP contribution in [0, 0.1) is 0 Å². The molecule has 1 heterocycles. The maximum Gasteiger partial charge on any atom is 0.279 e. The Bertz CT molecular complexity index is 830. The number of rotatable bonds is 7. The van der Waals surface area contributed by atoms with Crippen LogP contribution in [0.1, 0.15) is 11.9 Å². The molecule has 0 fully saturated rings. The van der Waals surface area contributed by atoms with E-state index in [1.807, 2.05) is 42.5 Å². The lowest BCUT2D eigenvalue weighted by Crippen LogP contribution is -3.11. The molecule has 2 N–H and O–H groups in total. The van der Waals surface area contributed by atoms with Crippen molar-refractivity contribution in [3.05, 3.63) is 53.5 Å². The number of benzene rings is 2. The number of hydrogen-bond donors (Lipinski definition) is 2. The predicted octanol–water partition coefficient (Wildman–Crippen LogP) is 2.35. The SMILES string of the molecule is CC[NH+](CC(=O)Nc1cccc(OC)c1)Cc1nc2ccccc2s1. The number of methoxy groups -OCH3 is 1. The number of nitrogens with one attached hydrogen (secondary N) is 2. The van der Waals surface area contributed by atoms with Crippen LogP contribution in [0.25, 0.3) is 10.2 Å². The van der Waals surface area contributed by atoms with Crippen LogP contribution in [0.15, 0.2) is 48.5 Å². The number of carbonyl (C=O) groups excluding carboxylic acids is 1. The van der Waals surface area contributed by atoms with Gasteiger partial charge in [0.25, 0.3) is 5.91 Å². The summed E-state index contributed by atoms with van der Waals surface area (Å²) in [4.78, 5) is 18.2. The second-order valence-corrected chi connectivity index (χ2v) is 6.93. The average Bonchev–Trinajstić information content (AvgIpc) is 3.03. The molecule has 6 heteroatoms. The number of para-hydroxylation sites is 1. The van der Waals surface area contributed by atoms with Crippen LogP contribution >= 0.6 is 11.3 Å². The third-order valence-electron chi connectivity index (χ3n) is 4.00. The van der Waals surface area contributed by atoms with Gasteiger partial charge in [0.15, 0.2) is 6.54 Å². The first-order valence-corrected chi connectivity index (χ1v) is 9.11. The summed E-state index contributed by atoms with van der Waals surface area (Å²) in [6.45, 7) is 4.11. The standard InChI is InChI=1S/C19H21N3O2S/c1-3-22(13-19-21-16-9-4-5-10-17(16)25-19)12-18(23)20-14-7-6-8-15(11-14)24-2/h4-11H,3,12-13H2,1-2H3,(H,20,23)/p+1. The van der Waals surface area contributed by atoms with E-state index >= 15 is 0 Å². The van der Waals surface area contributed by atoms with Crippen molar-refractivity contribution in [1.82, 2.24) is 4.98 Å². The Balaban J connectivity index is 1.61. The highest BCUT2D eigenvalue weighted by Gasteiger charge is 2.16. The molecule has 0 aliphatic rings. The predicted molar refractivity (Wildman–Crippen MR) is 101 cm³/mol. The van der Waals surface area contributed by atoms with Crippen molar-refractivity contribution in [3.8, 4) is 5.75 Å². The Morgan fingerprint density at radius 1 is 1.24 bits per heavy atom. The number of quaternary nitrogens is 1. The molecule has 3 rings (SSSR count). The van der Waals surface area contributed by atoms with Crippen LogP contribution < -0.4 is 15.0 Å². The maximum absolute atomic E-state index is 12.4. The van der Waals surface area contributed by atoms with Crippen LogP contribution in [0.2, 0.25) is 0 Å². The number of aromatic nitrogens is 1. The molecule has 0 saturated carbocycles. The number of hydrogen-bond acceptors (Lipinski definition) is 4. The number of anilines is 1. The Morgan fingerprint density at radius 3 is 2.84 bits per heavy atom. The van der Waals surface area contributed by atoms with E-state index in [2.05, 4.69) is 23.3 Å². The molecule has 1 unspecified atom stereocenters. The highest BCUT2D eigenvalue weighted by atomic mass is 32.1. The van der Waals surface area contributed by atoms with Crippen LogP contribution in [0.3, 0.4) is 0 Å². The highest BCUT2D eigenvalue weighted by Crippen LogP contribution is 2.20. The highest BCUT2D eigenvalue weighted by molar-refractivity contribution is 7.18. The van der Waals surface area contributed by atoms with E-state index < -0.39 is 0 Å². The van der Waals surface area contributed by atoms with Gasteiger partial charge in [-0.25, -0.2) is 4.98 Å². The lowest BCUT2D eigenvalue weighted by Gasteiger charge is -2.16. The second-order valence-electron chi connectivity index (χ2n) is 5.81. The normalized spacial score (nSPS) is 12.1. The molecule has 0 saturated heterocycles. The van der Waals surface area contributed by atoms with E-state index in [9.17, 15) is 4.79 Å². The monoisotopic (exact) mass is 356 g/mol. The van der Waals surface area contributed by atoms with Gasteiger partial charge in [-0.15, -0.1) is 11.3 Å². The summed E-state index contributed by atoms with van der Waals surface area (Å²) in [6, 6.07) is 15.5. The van der Waals surface area contributed by atoms with Crippen LogP contribution in [0.5, 0.6) is 5.75 Å². The minimum atomic E-state index is -0.00814. The number of nitrogens with zero attached hydrogens (tertiary/aromatic N) is 1. The van der Waals surface area contributed by atoms with Gasteiger partial charge in [-0.1, -0.05) is 18.2 Å². The Labute approximate surface area is 151 Å². The van der Waals surface area contributed by atoms with E-state index in [1.54, 1.807) is 18.4 Å². The molecule has 1 atom stereocenters. The molecule has 5 nitrogen and oxygen atoms in total. The van der Waals surface area contributed by atoms with Gasteiger partial charge in [-0.3, -0.25) is 4.79 Å². The van der Waals surface area contributed by atoms with Gasteiger partial charge in [-0.2, -0.15) is 0 Å². The van der Waals surface area contributed by atoms with Gasteiger partial charge < -0.3 is 15.0 Å². The molecule has 0 bridgehead atoms. The van der Waals surface area contributed by atoms with Crippen LogP contribution in [0.4, 0.5) is 5.69 Å². The molecule has 0 aliphatic heterocycles. The van der Waals surface area contributed by atoms with Crippen molar-refractivity contribution in [3.63, 3.8) is 0 Å². The van der Waals surface area contributed by atoms with Crippen molar-refractivity contribution in [2.24, 2.45) is 0 Å². The number of ether oxygens (including phenoxy) is 1. The molecule has 0 radical (unpaired) electrons. The molecule has 0 spiro atoms. The van der Waals surface area contributed by atoms with Crippen molar-refractivity contribution in [1.29, 1.82) is 0 Å². The molecule has 1 amide bonds. The van der Waals surface area contributed by atoms with Gasteiger partial charge in [0.05, 0.1) is 23.9 Å². The van der Waals surface area contributed by atoms with Gasteiger partial charge in [0, 0.05) is 11.8 Å². The van der Waals surface area contributed by atoms with E-state index in [1.165, 1.54) is 9.60 Å². The maximum atomic E-state index is 12.4. The summed E-state index contributed by atoms with van der Waals surface area (Å²) in [5.74, 6) is 0.721. The van der Waals surface area contributed by atoms with Crippen LogP contribution in [-0.2, 0) is 11.3 Å². The summed E-state index contributed by atoms with van der Waals surface area (Å²) in [5, 5.41) is 4.00. The quantitative estimate of drug-likeness (QED) is 0.683. The van der Waals surface area contributed by atoms with Gasteiger partial charge >= 0.3 is 0 Å². The summed E-state index contributed by atoms with van der Waals surface area (Å²) in [7, 11) is 1.61. The number of thiazole rings is 1. The van der Waals surface area contributed by atoms with Gasteiger partial charge in [0.1, 0.15) is 17.3 Å². The summed E-state index contributed by atoms with van der Waals surface area (Å²) in [5.41, 5.74) is 1.78. The first kappa shape index (κ1) is 17.4. The molecule has 25 heavy (non-hydrogen) atoms. The van der Waals surface area contributed by atoms with Crippen molar-refractivity contribution < 1.29 is 14.4 Å². The van der Waals surface area contributed by atoms with E-state index in [4.69, 9.17) is 4.74 Å². The second kappa shape index (κ2) is 8.09. The molecular formula is C19H22N3O2S+. The van der Waals surface area contributed by atoms with E-state index in [0.717, 1.165) is 35.1 Å². The minimum absolute atomic E-state index is 0.00814. The first-order chi connectivity index (χ1) is 12.2. The fraction of sp³-hybridized carbons (Fsp3) is 0.263. The summed E-state index contributed by atoms with van der Waals surface area (Å²) >= 11 is 1.70. The zero-order valence-corrected chi connectivity index (χ0v) is 15.2. The third-order valence-corrected chi connectivity index (χ3v) is 5.04.